The summed E-state index contributed by atoms with van der Waals surface area (Å²) in [6.07, 6.45) is 3.85. The Kier molecular flexibility index (Phi) is 5.41. The molecule has 1 aliphatic carbocycles. The van der Waals surface area contributed by atoms with Crippen LogP contribution < -0.4 is 5.73 Å². The maximum absolute atomic E-state index is 13.0. The number of rotatable bonds is 8. The summed E-state index contributed by atoms with van der Waals surface area (Å²) in [5.74, 6) is 0.550. The zero-order valence-electron chi connectivity index (χ0n) is 13.0. The quantitative estimate of drug-likeness (QED) is 0.802. The van der Waals surface area contributed by atoms with Gasteiger partial charge in [0.2, 0.25) is 10.0 Å². The second-order valence-corrected chi connectivity index (χ2v) is 7.71. The van der Waals surface area contributed by atoms with Crippen molar-refractivity contribution < 1.29 is 8.42 Å². The third-order valence-electron chi connectivity index (χ3n) is 4.00. The van der Waals surface area contributed by atoms with Crippen molar-refractivity contribution in [3.05, 3.63) is 29.3 Å². The van der Waals surface area contributed by atoms with Crippen LogP contribution in [0.4, 0.5) is 0 Å². The molecule has 0 spiro atoms. The lowest BCUT2D eigenvalue weighted by Gasteiger charge is -2.23. The molecule has 0 bridgehead atoms. The number of aryl methyl sites for hydroxylation is 1. The number of benzene rings is 1. The van der Waals surface area contributed by atoms with Crippen molar-refractivity contribution >= 4 is 10.0 Å². The van der Waals surface area contributed by atoms with Crippen LogP contribution in [0.5, 0.6) is 0 Å². The second kappa shape index (κ2) is 6.90. The van der Waals surface area contributed by atoms with Gasteiger partial charge in [0.25, 0.3) is 0 Å². The summed E-state index contributed by atoms with van der Waals surface area (Å²) in [6.45, 7) is 5.62. The first-order valence-corrected chi connectivity index (χ1v) is 9.28. The molecule has 118 valence electrons. The lowest BCUT2D eigenvalue weighted by Crippen LogP contribution is -2.34. The van der Waals surface area contributed by atoms with Gasteiger partial charge in [-0.25, -0.2) is 8.42 Å². The van der Waals surface area contributed by atoms with Crippen LogP contribution in [0.3, 0.4) is 0 Å². The van der Waals surface area contributed by atoms with Gasteiger partial charge in [0.15, 0.2) is 0 Å². The van der Waals surface area contributed by atoms with Crippen molar-refractivity contribution in [1.29, 1.82) is 0 Å². The van der Waals surface area contributed by atoms with E-state index in [0.717, 1.165) is 30.4 Å². The summed E-state index contributed by atoms with van der Waals surface area (Å²) < 4.78 is 27.7. The van der Waals surface area contributed by atoms with Gasteiger partial charge < -0.3 is 5.73 Å². The minimum atomic E-state index is -3.42. The van der Waals surface area contributed by atoms with Crippen LogP contribution in [0.15, 0.2) is 23.1 Å². The van der Waals surface area contributed by atoms with Gasteiger partial charge in [0, 0.05) is 19.6 Å². The SMILES string of the molecule is CCCN(CC1CC1)S(=O)(=O)c1cc(CN)ccc1CC. The summed E-state index contributed by atoms with van der Waals surface area (Å²) in [6, 6.07) is 5.57. The van der Waals surface area contributed by atoms with Crippen molar-refractivity contribution in [2.75, 3.05) is 13.1 Å². The molecule has 1 fully saturated rings. The fourth-order valence-corrected chi connectivity index (χ4v) is 4.50. The fraction of sp³-hybridized carbons (Fsp3) is 0.625. The van der Waals surface area contributed by atoms with Crippen LogP contribution in [-0.2, 0) is 23.0 Å². The van der Waals surface area contributed by atoms with Crippen molar-refractivity contribution in [3.8, 4) is 0 Å². The predicted molar refractivity (Wildman–Crippen MR) is 85.5 cm³/mol. The molecular weight excluding hydrogens is 284 g/mol. The van der Waals surface area contributed by atoms with Crippen molar-refractivity contribution in [1.82, 2.24) is 4.31 Å². The molecule has 0 unspecified atom stereocenters. The van der Waals surface area contributed by atoms with Crippen LogP contribution >= 0.6 is 0 Å². The van der Waals surface area contributed by atoms with Crippen LogP contribution in [0, 0.1) is 5.92 Å². The molecule has 1 aromatic carbocycles. The number of hydrogen-bond acceptors (Lipinski definition) is 3. The van der Waals surface area contributed by atoms with Gasteiger partial charge in [-0.3, -0.25) is 0 Å². The van der Waals surface area contributed by atoms with E-state index in [-0.39, 0.29) is 0 Å². The first-order chi connectivity index (χ1) is 10.0. The molecule has 0 atom stereocenters. The summed E-state index contributed by atoms with van der Waals surface area (Å²) in [5.41, 5.74) is 7.42. The lowest BCUT2D eigenvalue weighted by molar-refractivity contribution is 0.395. The van der Waals surface area contributed by atoms with E-state index in [4.69, 9.17) is 5.73 Å². The smallest absolute Gasteiger partial charge is 0.243 e. The Morgan fingerprint density at radius 2 is 2.00 bits per heavy atom. The zero-order chi connectivity index (χ0) is 15.5. The number of nitrogens with zero attached hydrogens (tertiary/aromatic N) is 1. The van der Waals surface area contributed by atoms with Gasteiger partial charge in [0.1, 0.15) is 0 Å². The average molecular weight is 310 g/mol. The highest BCUT2D eigenvalue weighted by molar-refractivity contribution is 7.89. The molecule has 0 aromatic heterocycles. The zero-order valence-corrected chi connectivity index (χ0v) is 13.8. The van der Waals surface area contributed by atoms with Gasteiger partial charge in [0.05, 0.1) is 4.90 Å². The van der Waals surface area contributed by atoms with Crippen LogP contribution in [0.1, 0.15) is 44.2 Å². The van der Waals surface area contributed by atoms with Gasteiger partial charge >= 0.3 is 0 Å². The van der Waals surface area contributed by atoms with E-state index in [0.29, 0.717) is 36.9 Å². The van der Waals surface area contributed by atoms with Gasteiger partial charge in [-0.1, -0.05) is 26.0 Å². The summed E-state index contributed by atoms with van der Waals surface area (Å²) in [7, 11) is -3.42. The molecule has 1 aromatic rings. The Morgan fingerprint density at radius 3 is 2.52 bits per heavy atom. The highest BCUT2D eigenvalue weighted by Crippen LogP contribution is 2.32. The van der Waals surface area contributed by atoms with Crippen LogP contribution in [-0.4, -0.2) is 25.8 Å². The predicted octanol–water partition coefficient (Wildman–Crippen LogP) is 2.52. The number of sulfonamides is 1. The molecule has 1 aliphatic rings. The molecule has 2 rings (SSSR count). The van der Waals surface area contributed by atoms with E-state index < -0.39 is 10.0 Å². The largest absolute Gasteiger partial charge is 0.326 e. The molecule has 21 heavy (non-hydrogen) atoms. The van der Waals surface area contributed by atoms with Crippen molar-refractivity contribution in [2.24, 2.45) is 11.7 Å². The molecular formula is C16H26N2O2S. The summed E-state index contributed by atoms with van der Waals surface area (Å²) in [4.78, 5) is 0.446. The van der Waals surface area contributed by atoms with Gasteiger partial charge in [-0.05, 0) is 48.8 Å². The van der Waals surface area contributed by atoms with Crippen LogP contribution in [0.25, 0.3) is 0 Å². The van der Waals surface area contributed by atoms with Crippen molar-refractivity contribution in [3.63, 3.8) is 0 Å². The van der Waals surface area contributed by atoms with E-state index in [1.54, 1.807) is 10.4 Å². The summed E-state index contributed by atoms with van der Waals surface area (Å²) in [5, 5.41) is 0. The van der Waals surface area contributed by atoms with E-state index >= 15 is 0 Å². The van der Waals surface area contributed by atoms with E-state index in [9.17, 15) is 8.42 Å². The normalized spacial score (nSPS) is 15.6. The minimum Gasteiger partial charge on any atom is -0.326 e. The number of nitrogens with two attached hydrogens (primary N) is 1. The Bertz CT molecular complexity index is 580. The molecule has 5 heteroatoms. The molecule has 1 saturated carbocycles. The average Bonchev–Trinajstić information content (AvgIpc) is 3.30. The van der Waals surface area contributed by atoms with Crippen molar-refractivity contribution in [2.45, 2.75) is 51.0 Å². The molecule has 0 saturated heterocycles. The standard InChI is InChI=1S/C16H26N2O2S/c1-3-9-18(12-13-5-6-13)21(19,20)16-10-14(11-17)7-8-15(16)4-2/h7-8,10,13H,3-6,9,11-12,17H2,1-2H3. The molecule has 0 radical (unpaired) electrons. The Hall–Kier alpha value is -0.910. The van der Waals surface area contributed by atoms with Gasteiger partial charge in [-0.2, -0.15) is 4.31 Å². The number of hydrogen-bond donors (Lipinski definition) is 1. The second-order valence-electron chi connectivity index (χ2n) is 5.81. The molecule has 0 aliphatic heterocycles. The first kappa shape index (κ1) is 16.5. The topological polar surface area (TPSA) is 63.4 Å². The lowest BCUT2D eigenvalue weighted by atomic mass is 10.1. The van der Waals surface area contributed by atoms with Crippen LogP contribution in [0.2, 0.25) is 0 Å². The molecule has 0 heterocycles. The monoisotopic (exact) mass is 310 g/mol. The minimum absolute atomic E-state index is 0.364. The molecule has 4 nitrogen and oxygen atoms in total. The fourth-order valence-electron chi connectivity index (χ4n) is 2.54. The highest BCUT2D eigenvalue weighted by atomic mass is 32.2. The van der Waals surface area contributed by atoms with E-state index in [2.05, 4.69) is 0 Å². The first-order valence-electron chi connectivity index (χ1n) is 7.84. The Morgan fingerprint density at radius 1 is 1.29 bits per heavy atom. The van der Waals surface area contributed by atoms with E-state index in [1.807, 2.05) is 26.0 Å². The molecule has 0 amide bonds. The third-order valence-corrected chi connectivity index (χ3v) is 5.95. The molecule has 2 N–H and O–H groups in total. The Labute approximate surface area is 128 Å². The van der Waals surface area contributed by atoms with E-state index in [1.165, 1.54) is 0 Å². The maximum Gasteiger partial charge on any atom is 0.243 e. The maximum atomic E-state index is 13.0. The summed E-state index contributed by atoms with van der Waals surface area (Å²) >= 11 is 0. The Balaban J connectivity index is 2.39. The third kappa shape index (κ3) is 3.84. The van der Waals surface area contributed by atoms with Gasteiger partial charge in [-0.15, -0.1) is 0 Å². The highest BCUT2D eigenvalue weighted by Gasteiger charge is 2.32.